The molecule has 0 spiro atoms. The first-order chi connectivity index (χ1) is 16.3. The van der Waals surface area contributed by atoms with Gasteiger partial charge < -0.3 is 10.2 Å². The van der Waals surface area contributed by atoms with E-state index >= 15 is 4.39 Å². The van der Waals surface area contributed by atoms with Crippen LogP contribution in [0.1, 0.15) is 35.3 Å². The molecule has 2 N–H and O–H groups in total. The van der Waals surface area contributed by atoms with E-state index in [1.54, 1.807) is 36.3 Å². The van der Waals surface area contributed by atoms with Crippen molar-refractivity contribution < 1.29 is 22.7 Å². The topological polar surface area (TPSA) is 78.3 Å². The van der Waals surface area contributed by atoms with Gasteiger partial charge in [-0.1, -0.05) is 23.7 Å². The van der Waals surface area contributed by atoms with Crippen molar-refractivity contribution in [2.75, 3.05) is 26.8 Å². The average Bonchev–Trinajstić information content (AvgIpc) is 3.08. The molecule has 1 aliphatic heterocycles. The fourth-order valence-corrected chi connectivity index (χ4v) is 3.45. The number of carbonyl (C=O) groups excluding carboxylic acids is 1. The molecule has 1 aliphatic rings. The van der Waals surface area contributed by atoms with Crippen LogP contribution >= 0.6 is 11.6 Å². The Morgan fingerprint density at radius 1 is 1.21 bits per heavy atom. The van der Waals surface area contributed by atoms with Crippen molar-refractivity contribution in [2.24, 2.45) is 9.98 Å². The van der Waals surface area contributed by atoms with E-state index < -0.39 is 29.8 Å². The molecular weight excluding hydrogens is 471 g/mol. The minimum absolute atomic E-state index is 0.0587. The molecule has 2 atom stereocenters. The van der Waals surface area contributed by atoms with Crippen LogP contribution in [0.5, 0.6) is 0 Å². The Morgan fingerprint density at radius 2 is 1.94 bits per heavy atom. The molecular formula is C23H25ClF3N5O2. The molecule has 2 aromatic rings. The molecule has 1 amide bonds. The van der Waals surface area contributed by atoms with Crippen molar-refractivity contribution in [3.8, 4) is 0 Å². The van der Waals surface area contributed by atoms with Crippen LogP contribution < -0.4 is 10.7 Å². The van der Waals surface area contributed by atoms with Crippen molar-refractivity contribution in [3.05, 3.63) is 70.2 Å². The van der Waals surface area contributed by atoms with E-state index in [2.05, 4.69) is 20.7 Å². The number of guanidine groups is 1. The molecule has 3 rings (SSSR count). The van der Waals surface area contributed by atoms with Crippen LogP contribution in [0.15, 0.2) is 52.4 Å². The number of carbonyl (C=O) groups is 1. The van der Waals surface area contributed by atoms with Crippen molar-refractivity contribution in [3.63, 3.8) is 0 Å². The number of rotatable bonds is 7. The van der Waals surface area contributed by atoms with Crippen molar-refractivity contribution in [1.29, 1.82) is 0 Å². The summed E-state index contributed by atoms with van der Waals surface area (Å²) in [5.74, 6) is -3.22. The third kappa shape index (κ3) is 6.55. The predicted molar refractivity (Wildman–Crippen MR) is 125 cm³/mol. The highest BCUT2D eigenvalue weighted by Crippen LogP contribution is 2.30. The van der Waals surface area contributed by atoms with Crippen molar-refractivity contribution in [2.45, 2.75) is 25.6 Å². The molecule has 0 aliphatic carbocycles. The van der Waals surface area contributed by atoms with Gasteiger partial charge in [0.1, 0.15) is 0 Å². The Kier molecular flexibility index (Phi) is 9.03. The van der Waals surface area contributed by atoms with Crippen molar-refractivity contribution in [1.82, 2.24) is 15.8 Å². The highest BCUT2D eigenvalue weighted by atomic mass is 35.5. The maximum absolute atomic E-state index is 15.3. The first-order valence-electron chi connectivity index (χ1n) is 10.7. The van der Waals surface area contributed by atoms with E-state index in [1.807, 2.05) is 6.92 Å². The number of hydrogen-bond acceptors (Lipinski definition) is 4. The standard InChI is InChI=1S/C23H25ClF3N5O2/c1-3-34-12-4-11-28-23(30-22(33)15-7-10-17(25)18(26)13-15)29-21-19(27)20(32(2)31-21)14-5-8-16(24)9-6-14/h5-10,13,19-20H,3-4,11-12H2,1-2H3,(H2,28,29,30,31,33). The van der Waals surface area contributed by atoms with Crippen molar-refractivity contribution >= 4 is 29.3 Å². The molecule has 1 heterocycles. The summed E-state index contributed by atoms with van der Waals surface area (Å²) >= 11 is 5.93. The monoisotopic (exact) mass is 495 g/mol. The molecule has 0 bridgehead atoms. The number of alkyl halides is 1. The van der Waals surface area contributed by atoms with Gasteiger partial charge in [-0.15, -0.1) is 0 Å². The van der Waals surface area contributed by atoms with Gasteiger partial charge in [0, 0.05) is 37.4 Å². The number of aliphatic imine (C=N–C) groups is 2. The normalized spacial score (nSPS) is 19.9. The fourth-order valence-electron chi connectivity index (χ4n) is 3.32. The van der Waals surface area contributed by atoms with Gasteiger partial charge in [0.2, 0.25) is 5.96 Å². The molecule has 11 heteroatoms. The first kappa shape index (κ1) is 25.7. The second-order valence-electron chi connectivity index (χ2n) is 7.46. The number of nitrogens with zero attached hydrogens (tertiary/aromatic N) is 3. The molecule has 182 valence electrons. The summed E-state index contributed by atoms with van der Waals surface area (Å²) in [5, 5.41) is 4.53. The minimum atomic E-state index is -1.56. The van der Waals surface area contributed by atoms with E-state index in [0.29, 0.717) is 30.2 Å². The van der Waals surface area contributed by atoms with E-state index in [1.165, 1.54) is 0 Å². The average molecular weight is 496 g/mol. The summed E-state index contributed by atoms with van der Waals surface area (Å²) in [6.45, 7) is 3.12. The van der Waals surface area contributed by atoms with Gasteiger partial charge in [0.15, 0.2) is 23.6 Å². The summed E-state index contributed by atoms with van der Waals surface area (Å²) in [6.07, 6.45) is -1.01. The number of amides is 1. The maximum atomic E-state index is 15.3. The smallest absolute Gasteiger partial charge is 0.258 e. The first-order valence-corrected chi connectivity index (χ1v) is 11.0. The largest absolute Gasteiger partial charge is 0.382 e. The quantitative estimate of drug-likeness (QED) is 0.345. The highest BCUT2D eigenvalue weighted by molar-refractivity contribution is 6.30. The predicted octanol–water partition coefficient (Wildman–Crippen LogP) is 4.06. The summed E-state index contributed by atoms with van der Waals surface area (Å²) in [4.78, 5) is 21.0. The van der Waals surface area contributed by atoms with Gasteiger partial charge in [-0.05, 0) is 49.2 Å². The number of halogens is 4. The zero-order chi connectivity index (χ0) is 24.7. The lowest BCUT2D eigenvalue weighted by Gasteiger charge is -2.19. The lowest BCUT2D eigenvalue weighted by molar-refractivity contribution is 0.0976. The van der Waals surface area contributed by atoms with Crippen LogP contribution in [-0.4, -0.2) is 55.7 Å². The summed E-state index contributed by atoms with van der Waals surface area (Å²) in [6, 6.07) is 8.82. The molecule has 1 fully saturated rings. The summed E-state index contributed by atoms with van der Waals surface area (Å²) in [7, 11) is 1.66. The third-order valence-electron chi connectivity index (χ3n) is 5.00. The van der Waals surface area contributed by atoms with Gasteiger partial charge in [-0.2, -0.15) is 4.99 Å². The van der Waals surface area contributed by atoms with Gasteiger partial charge in [0.05, 0.1) is 6.04 Å². The van der Waals surface area contributed by atoms with Crippen LogP contribution in [0.3, 0.4) is 0 Å². The molecule has 0 radical (unpaired) electrons. The van der Waals surface area contributed by atoms with E-state index in [0.717, 1.165) is 18.2 Å². The molecule has 7 nitrogen and oxygen atoms in total. The van der Waals surface area contributed by atoms with Gasteiger partial charge in [-0.3, -0.25) is 15.1 Å². The van der Waals surface area contributed by atoms with Gasteiger partial charge >= 0.3 is 0 Å². The summed E-state index contributed by atoms with van der Waals surface area (Å²) in [5.41, 5.74) is 3.39. The fraction of sp³-hybridized carbons (Fsp3) is 0.348. The van der Waals surface area contributed by atoms with Gasteiger partial charge in [0.25, 0.3) is 5.91 Å². The Bertz CT molecular complexity index is 1070. The SMILES string of the molecule is CCOCCCN=C(N=C1NN(C)C(c2ccc(Cl)cc2)C1F)NC(=O)c1ccc(F)c(F)c1. The van der Waals surface area contributed by atoms with Crippen LogP contribution in [0, 0.1) is 11.6 Å². The minimum Gasteiger partial charge on any atom is -0.382 e. The van der Waals surface area contributed by atoms with Crippen LogP contribution in [-0.2, 0) is 4.74 Å². The van der Waals surface area contributed by atoms with Gasteiger partial charge in [-0.25, -0.2) is 18.2 Å². The second-order valence-corrected chi connectivity index (χ2v) is 7.89. The van der Waals surface area contributed by atoms with E-state index in [9.17, 15) is 13.6 Å². The third-order valence-corrected chi connectivity index (χ3v) is 5.26. The number of benzene rings is 2. The number of amidine groups is 1. The van der Waals surface area contributed by atoms with E-state index in [-0.39, 0.29) is 23.9 Å². The number of hydrogen-bond donors (Lipinski definition) is 2. The molecule has 2 unspecified atom stereocenters. The Labute approximate surface area is 200 Å². The highest BCUT2D eigenvalue weighted by Gasteiger charge is 2.39. The van der Waals surface area contributed by atoms with Crippen LogP contribution in [0.4, 0.5) is 13.2 Å². The van der Waals surface area contributed by atoms with E-state index in [4.69, 9.17) is 16.3 Å². The Balaban J connectivity index is 1.82. The number of nitrogens with one attached hydrogen (secondary N) is 2. The number of ether oxygens (including phenoxy) is 1. The lowest BCUT2D eigenvalue weighted by Crippen LogP contribution is -2.35. The second kappa shape index (κ2) is 12.0. The molecule has 1 saturated heterocycles. The van der Waals surface area contributed by atoms with Crippen LogP contribution in [0.2, 0.25) is 5.02 Å². The summed E-state index contributed by atoms with van der Waals surface area (Å²) < 4.78 is 47.4. The molecule has 0 saturated carbocycles. The molecule has 34 heavy (non-hydrogen) atoms. The number of hydrazine groups is 1. The Morgan fingerprint density at radius 3 is 2.62 bits per heavy atom. The lowest BCUT2D eigenvalue weighted by atomic mass is 10.0. The maximum Gasteiger partial charge on any atom is 0.258 e. The van der Waals surface area contributed by atoms with Crippen LogP contribution in [0.25, 0.3) is 0 Å². The molecule has 0 aromatic heterocycles. The Hall–Kier alpha value is -2.95. The molecule has 2 aromatic carbocycles. The zero-order valence-corrected chi connectivity index (χ0v) is 19.5. The zero-order valence-electron chi connectivity index (χ0n) is 18.7.